The third kappa shape index (κ3) is 3.32. The van der Waals surface area contributed by atoms with E-state index in [9.17, 15) is 4.79 Å². The molecule has 84 valence electrons. The SMILES string of the molecule is CCC(N)C(=O)NC(C)c1ccc(C)s1. The zero-order chi connectivity index (χ0) is 11.4. The maximum absolute atomic E-state index is 11.5. The van der Waals surface area contributed by atoms with Crippen molar-refractivity contribution in [2.75, 3.05) is 0 Å². The fourth-order valence-electron chi connectivity index (χ4n) is 1.26. The van der Waals surface area contributed by atoms with Crippen LogP contribution in [0.2, 0.25) is 0 Å². The van der Waals surface area contributed by atoms with E-state index in [-0.39, 0.29) is 11.9 Å². The van der Waals surface area contributed by atoms with Crippen LogP contribution in [0.25, 0.3) is 0 Å². The van der Waals surface area contributed by atoms with Crippen LogP contribution in [-0.2, 0) is 4.79 Å². The maximum Gasteiger partial charge on any atom is 0.237 e. The number of rotatable bonds is 4. The third-order valence-electron chi connectivity index (χ3n) is 2.32. The van der Waals surface area contributed by atoms with E-state index >= 15 is 0 Å². The Labute approximate surface area is 94.7 Å². The van der Waals surface area contributed by atoms with Gasteiger partial charge in [0.25, 0.3) is 0 Å². The molecule has 1 heterocycles. The van der Waals surface area contributed by atoms with Crippen molar-refractivity contribution in [3.63, 3.8) is 0 Å². The fraction of sp³-hybridized carbons (Fsp3) is 0.545. The largest absolute Gasteiger partial charge is 0.347 e. The molecule has 0 spiro atoms. The molecule has 0 bridgehead atoms. The van der Waals surface area contributed by atoms with E-state index < -0.39 is 6.04 Å². The number of hydrogen-bond acceptors (Lipinski definition) is 3. The molecule has 2 unspecified atom stereocenters. The van der Waals surface area contributed by atoms with E-state index in [0.29, 0.717) is 6.42 Å². The maximum atomic E-state index is 11.5. The summed E-state index contributed by atoms with van der Waals surface area (Å²) in [7, 11) is 0. The predicted octanol–water partition coefficient (Wildman–Crippen LogP) is 1.97. The van der Waals surface area contributed by atoms with Gasteiger partial charge >= 0.3 is 0 Å². The van der Waals surface area contributed by atoms with Crippen molar-refractivity contribution in [3.05, 3.63) is 21.9 Å². The third-order valence-corrected chi connectivity index (χ3v) is 3.51. The van der Waals surface area contributed by atoms with Crippen molar-refractivity contribution in [3.8, 4) is 0 Å². The average Bonchev–Trinajstić information content (AvgIpc) is 2.63. The Kier molecular flexibility index (Phi) is 4.29. The quantitative estimate of drug-likeness (QED) is 0.824. The first-order chi connectivity index (χ1) is 7.04. The highest BCUT2D eigenvalue weighted by atomic mass is 32.1. The van der Waals surface area contributed by atoms with Crippen molar-refractivity contribution >= 4 is 17.2 Å². The molecule has 0 aliphatic rings. The van der Waals surface area contributed by atoms with Crippen LogP contribution in [0.15, 0.2) is 12.1 Å². The Hall–Kier alpha value is -0.870. The number of amides is 1. The lowest BCUT2D eigenvalue weighted by molar-refractivity contribution is -0.123. The summed E-state index contributed by atoms with van der Waals surface area (Å²) in [6.07, 6.45) is 0.669. The van der Waals surface area contributed by atoms with E-state index in [0.717, 1.165) is 0 Å². The summed E-state index contributed by atoms with van der Waals surface area (Å²) in [6.45, 7) is 5.94. The molecule has 1 rings (SSSR count). The van der Waals surface area contributed by atoms with E-state index in [1.54, 1.807) is 11.3 Å². The van der Waals surface area contributed by atoms with Gasteiger partial charge in [0.15, 0.2) is 0 Å². The van der Waals surface area contributed by atoms with Crippen molar-refractivity contribution in [1.29, 1.82) is 0 Å². The zero-order valence-corrected chi connectivity index (χ0v) is 10.2. The average molecular weight is 226 g/mol. The Morgan fingerprint density at radius 2 is 2.27 bits per heavy atom. The normalized spacial score (nSPS) is 14.7. The monoisotopic (exact) mass is 226 g/mol. The number of nitrogens with two attached hydrogens (primary N) is 1. The first-order valence-corrected chi connectivity index (χ1v) is 5.98. The van der Waals surface area contributed by atoms with Crippen LogP contribution in [0, 0.1) is 6.92 Å². The van der Waals surface area contributed by atoms with Crippen molar-refractivity contribution in [1.82, 2.24) is 5.32 Å². The van der Waals surface area contributed by atoms with Crippen molar-refractivity contribution < 1.29 is 4.79 Å². The van der Waals surface area contributed by atoms with Crippen LogP contribution in [0.1, 0.15) is 36.1 Å². The molecular formula is C11H18N2OS. The highest BCUT2D eigenvalue weighted by Crippen LogP contribution is 2.22. The summed E-state index contributed by atoms with van der Waals surface area (Å²) in [5.74, 6) is -0.0731. The molecule has 2 atom stereocenters. The summed E-state index contributed by atoms with van der Waals surface area (Å²) in [4.78, 5) is 14.0. The predicted molar refractivity (Wildman–Crippen MR) is 63.9 cm³/mol. The Morgan fingerprint density at radius 1 is 1.60 bits per heavy atom. The molecule has 0 fully saturated rings. The molecule has 0 saturated heterocycles. The number of hydrogen-bond donors (Lipinski definition) is 2. The van der Waals surface area contributed by atoms with Crippen LogP contribution in [0.3, 0.4) is 0 Å². The molecule has 15 heavy (non-hydrogen) atoms. The van der Waals surface area contributed by atoms with Crippen molar-refractivity contribution in [2.24, 2.45) is 5.73 Å². The molecule has 0 aliphatic carbocycles. The lowest BCUT2D eigenvalue weighted by Crippen LogP contribution is -2.40. The van der Waals surface area contributed by atoms with Crippen LogP contribution in [-0.4, -0.2) is 11.9 Å². The van der Waals surface area contributed by atoms with Gasteiger partial charge in [-0.3, -0.25) is 4.79 Å². The minimum atomic E-state index is -0.395. The summed E-state index contributed by atoms with van der Waals surface area (Å²) in [5.41, 5.74) is 5.64. The van der Waals surface area contributed by atoms with Gasteiger partial charge < -0.3 is 11.1 Å². The summed E-state index contributed by atoms with van der Waals surface area (Å²) >= 11 is 1.70. The molecule has 1 aromatic heterocycles. The number of thiophene rings is 1. The van der Waals surface area contributed by atoms with Crippen LogP contribution >= 0.6 is 11.3 Å². The fourth-order valence-corrected chi connectivity index (χ4v) is 2.14. The van der Waals surface area contributed by atoms with Gasteiger partial charge in [0.05, 0.1) is 12.1 Å². The molecule has 1 amide bonds. The van der Waals surface area contributed by atoms with Gasteiger partial charge in [-0.1, -0.05) is 6.92 Å². The van der Waals surface area contributed by atoms with Gasteiger partial charge in [-0.15, -0.1) is 11.3 Å². The van der Waals surface area contributed by atoms with E-state index in [2.05, 4.69) is 18.3 Å². The van der Waals surface area contributed by atoms with Gasteiger partial charge in [0.1, 0.15) is 0 Å². The van der Waals surface area contributed by atoms with E-state index in [1.807, 2.05) is 19.9 Å². The number of carbonyl (C=O) groups is 1. The molecule has 0 radical (unpaired) electrons. The first-order valence-electron chi connectivity index (χ1n) is 5.17. The molecule has 3 N–H and O–H groups in total. The topological polar surface area (TPSA) is 55.1 Å². The molecule has 3 nitrogen and oxygen atoms in total. The van der Waals surface area contributed by atoms with Gasteiger partial charge in [-0.2, -0.15) is 0 Å². The second-order valence-corrected chi connectivity index (χ2v) is 5.01. The molecule has 0 aliphatic heterocycles. The van der Waals surface area contributed by atoms with Gasteiger partial charge in [-0.05, 0) is 32.4 Å². The molecule has 1 aromatic rings. The Balaban J connectivity index is 2.56. The minimum Gasteiger partial charge on any atom is -0.347 e. The number of nitrogens with one attached hydrogen (secondary N) is 1. The highest BCUT2D eigenvalue weighted by Gasteiger charge is 2.15. The summed E-state index contributed by atoms with van der Waals surface area (Å²) in [5, 5.41) is 2.91. The minimum absolute atomic E-state index is 0.0498. The molecular weight excluding hydrogens is 208 g/mol. The highest BCUT2D eigenvalue weighted by molar-refractivity contribution is 7.12. The smallest absolute Gasteiger partial charge is 0.237 e. The van der Waals surface area contributed by atoms with Crippen LogP contribution in [0.4, 0.5) is 0 Å². The molecule has 0 aromatic carbocycles. The van der Waals surface area contributed by atoms with Crippen molar-refractivity contribution in [2.45, 2.75) is 39.3 Å². The lowest BCUT2D eigenvalue weighted by atomic mass is 10.2. The second-order valence-electron chi connectivity index (χ2n) is 3.69. The number of aryl methyl sites for hydroxylation is 1. The van der Waals surface area contributed by atoms with Gasteiger partial charge in [0.2, 0.25) is 5.91 Å². The zero-order valence-electron chi connectivity index (χ0n) is 9.41. The standard InChI is InChI=1S/C11H18N2OS/c1-4-9(12)11(14)13-8(3)10-6-5-7(2)15-10/h5-6,8-9H,4,12H2,1-3H3,(H,13,14). The van der Waals surface area contributed by atoms with Gasteiger partial charge in [0, 0.05) is 9.75 Å². The first kappa shape index (κ1) is 12.2. The summed E-state index contributed by atoms with van der Waals surface area (Å²) in [6, 6.07) is 3.76. The van der Waals surface area contributed by atoms with Crippen LogP contribution < -0.4 is 11.1 Å². The molecule has 0 saturated carbocycles. The Morgan fingerprint density at radius 3 is 2.73 bits per heavy atom. The molecule has 4 heteroatoms. The Bertz CT molecular complexity index is 335. The van der Waals surface area contributed by atoms with Crippen LogP contribution in [0.5, 0.6) is 0 Å². The second kappa shape index (κ2) is 5.28. The lowest BCUT2D eigenvalue weighted by Gasteiger charge is -2.15. The number of carbonyl (C=O) groups excluding carboxylic acids is 1. The van der Waals surface area contributed by atoms with E-state index in [1.165, 1.54) is 9.75 Å². The van der Waals surface area contributed by atoms with Gasteiger partial charge in [-0.25, -0.2) is 0 Å². The summed E-state index contributed by atoms with van der Waals surface area (Å²) < 4.78 is 0. The van der Waals surface area contributed by atoms with E-state index in [4.69, 9.17) is 5.73 Å².